The first-order chi connectivity index (χ1) is 14.3. The van der Waals surface area contributed by atoms with Crippen LogP contribution >= 0.6 is 0 Å². The summed E-state index contributed by atoms with van der Waals surface area (Å²) in [6, 6.07) is 15.4. The van der Waals surface area contributed by atoms with E-state index in [9.17, 15) is 23.1 Å². The van der Waals surface area contributed by atoms with Crippen LogP contribution in [0.15, 0.2) is 60.9 Å². The van der Waals surface area contributed by atoms with Crippen LogP contribution in [0.5, 0.6) is 0 Å². The molecule has 0 fully saturated rings. The second-order valence-electron chi connectivity index (χ2n) is 6.86. The van der Waals surface area contributed by atoms with Gasteiger partial charge in [0.15, 0.2) is 5.60 Å². The number of ether oxygens (including phenoxy) is 2. The van der Waals surface area contributed by atoms with Crippen molar-refractivity contribution in [1.82, 2.24) is 5.32 Å². The van der Waals surface area contributed by atoms with E-state index < -0.39 is 24.4 Å². The van der Waals surface area contributed by atoms with Crippen LogP contribution in [-0.4, -0.2) is 42.7 Å². The van der Waals surface area contributed by atoms with Crippen molar-refractivity contribution in [2.24, 2.45) is 0 Å². The molecule has 1 amide bonds. The van der Waals surface area contributed by atoms with E-state index in [2.05, 4.69) is 0 Å². The van der Waals surface area contributed by atoms with Crippen molar-refractivity contribution in [3.63, 3.8) is 0 Å². The highest BCUT2D eigenvalue weighted by Crippen LogP contribution is 2.44. The Morgan fingerprint density at radius 3 is 2.20 bits per heavy atom. The van der Waals surface area contributed by atoms with Gasteiger partial charge in [-0.1, -0.05) is 48.5 Å². The Morgan fingerprint density at radius 2 is 1.67 bits per heavy atom. The first-order valence-electron chi connectivity index (χ1n) is 9.44. The number of rotatable bonds is 7. The van der Waals surface area contributed by atoms with Gasteiger partial charge in [0, 0.05) is 5.92 Å². The van der Waals surface area contributed by atoms with Crippen molar-refractivity contribution in [3.8, 4) is 11.1 Å². The summed E-state index contributed by atoms with van der Waals surface area (Å²) in [6.07, 6.45) is -4.84. The topological polar surface area (TPSA) is 67.8 Å². The quantitative estimate of drug-likeness (QED) is 0.652. The normalized spacial score (nSPS) is 15.4. The lowest BCUT2D eigenvalue weighted by Gasteiger charge is -2.27. The number of amides is 1. The molecule has 2 aromatic rings. The molecule has 0 heterocycles. The summed E-state index contributed by atoms with van der Waals surface area (Å²) in [5.41, 5.74) is 0.772. The van der Waals surface area contributed by atoms with Gasteiger partial charge in [-0.05, 0) is 35.3 Å². The van der Waals surface area contributed by atoms with Crippen molar-refractivity contribution in [1.29, 1.82) is 0 Å². The molecule has 0 saturated carbocycles. The Balaban J connectivity index is 1.65. The Morgan fingerprint density at radius 1 is 1.10 bits per heavy atom. The maximum absolute atomic E-state index is 13.2. The summed E-state index contributed by atoms with van der Waals surface area (Å²) < 4.78 is 49.5. The molecule has 8 heteroatoms. The van der Waals surface area contributed by atoms with E-state index in [1.54, 1.807) is 6.92 Å². The van der Waals surface area contributed by atoms with E-state index >= 15 is 0 Å². The van der Waals surface area contributed by atoms with E-state index in [1.165, 1.54) is 0 Å². The average Bonchev–Trinajstić information content (AvgIpc) is 3.04. The molecule has 2 N–H and O–H groups in total. The molecule has 0 aromatic heterocycles. The molecule has 1 aliphatic carbocycles. The van der Waals surface area contributed by atoms with Crippen molar-refractivity contribution >= 4 is 6.09 Å². The summed E-state index contributed by atoms with van der Waals surface area (Å²) >= 11 is 0. The van der Waals surface area contributed by atoms with Gasteiger partial charge < -0.3 is 19.9 Å². The number of nitrogens with one attached hydrogen (secondary N) is 1. The number of benzene rings is 2. The number of carbonyl (C=O) groups excluding carboxylic acids is 1. The second kappa shape index (κ2) is 8.79. The summed E-state index contributed by atoms with van der Waals surface area (Å²) in [4.78, 5) is 12.1. The summed E-state index contributed by atoms with van der Waals surface area (Å²) in [6.45, 7) is 0.589. The molecular weight excluding hydrogens is 399 g/mol. The zero-order valence-electron chi connectivity index (χ0n) is 16.3. The monoisotopic (exact) mass is 421 g/mol. The third-order valence-electron chi connectivity index (χ3n) is 4.94. The lowest BCUT2D eigenvalue weighted by atomic mass is 9.98. The van der Waals surface area contributed by atoms with Gasteiger partial charge in [0.2, 0.25) is 0 Å². The molecule has 0 bridgehead atoms. The van der Waals surface area contributed by atoms with Crippen LogP contribution < -0.4 is 5.32 Å². The highest BCUT2D eigenvalue weighted by molar-refractivity contribution is 5.79. The number of aliphatic hydroxyl groups is 1. The summed E-state index contributed by atoms with van der Waals surface area (Å²) in [5, 5.41) is 11.9. The minimum Gasteiger partial charge on any atom is -0.502 e. The maximum atomic E-state index is 13.2. The number of alkyl carbamates (subject to hydrolysis) is 1. The minimum atomic E-state index is -5.00. The Labute approximate surface area is 172 Å². The Hall–Kier alpha value is -3.00. The number of hydrogen-bond acceptors (Lipinski definition) is 4. The third kappa shape index (κ3) is 4.43. The van der Waals surface area contributed by atoms with Crippen molar-refractivity contribution in [2.75, 3.05) is 19.8 Å². The maximum Gasteiger partial charge on any atom is 0.422 e. The molecule has 1 aliphatic rings. The molecular formula is C22H22F3NO4. The highest BCUT2D eigenvalue weighted by Gasteiger charge is 2.52. The fraction of sp³-hybridized carbons (Fsp3) is 0.318. The standard InChI is InChI=1S/C22H22F3NO4/c1-2-29-12-11-21(28,22(23,24)25)14-26-20(27)30-13-19-17-9-5-3-7-15(17)16-8-4-6-10-18(16)19/h3-12,19,28H,2,13-14H2,1H3,(H,26,27)/b12-11+. The van der Waals surface area contributed by atoms with Gasteiger partial charge in [-0.25, -0.2) is 4.79 Å². The fourth-order valence-corrected chi connectivity index (χ4v) is 3.37. The van der Waals surface area contributed by atoms with E-state index in [1.807, 2.05) is 53.8 Å². The smallest absolute Gasteiger partial charge is 0.422 e. The van der Waals surface area contributed by atoms with E-state index in [0.29, 0.717) is 6.08 Å². The van der Waals surface area contributed by atoms with Crippen LogP contribution in [-0.2, 0) is 9.47 Å². The lowest BCUT2D eigenvalue weighted by Crippen LogP contribution is -2.52. The predicted molar refractivity (Wildman–Crippen MR) is 105 cm³/mol. The van der Waals surface area contributed by atoms with Crippen molar-refractivity contribution in [3.05, 3.63) is 72.0 Å². The molecule has 30 heavy (non-hydrogen) atoms. The second-order valence-corrected chi connectivity index (χ2v) is 6.86. The van der Waals surface area contributed by atoms with Gasteiger partial charge in [0.25, 0.3) is 0 Å². The molecule has 1 unspecified atom stereocenters. The molecule has 2 aromatic carbocycles. The Kier molecular flexibility index (Phi) is 6.36. The van der Waals surface area contributed by atoms with Crippen molar-refractivity contribution in [2.45, 2.75) is 24.6 Å². The van der Waals surface area contributed by atoms with Gasteiger partial charge in [0.1, 0.15) is 6.61 Å². The van der Waals surface area contributed by atoms with Gasteiger partial charge in [-0.15, -0.1) is 0 Å². The van der Waals surface area contributed by atoms with Gasteiger partial charge in [-0.3, -0.25) is 0 Å². The molecule has 0 spiro atoms. The largest absolute Gasteiger partial charge is 0.502 e. The van der Waals surface area contributed by atoms with E-state index in [0.717, 1.165) is 28.5 Å². The number of hydrogen-bond donors (Lipinski definition) is 2. The Bertz CT molecular complexity index is 883. The molecule has 160 valence electrons. The predicted octanol–water partition coefficient (Wildman–Crippen LogP) is 4.37. The van der Waals surface area contributed by atoms with Crippen LogP contribution in [0.1, 0.15) is 24.0 Å². The number of alkyl halides is 3. The van der Waals surface area contributed by atoms with Crippen molar-refractivity contribution < 1.29 is 32.5 Å². The molecule has 0 radical (unpaired) electrons. The summed E-state index contributed by atoms with van der Waals surface area (Å²) in [7, 11) is 0. The van der Waals surface area contributed by atoms with E-state index in [4.69, 9.17) is 9.47 Å². The number of fused-ring (bicyclic) bond motifs is 3. The SMILES string of the molecule is CCO/C=C/C(O)(CNC(=O)OCC1c2ccccc2-c2ccccc21)C(F)(F)F. The lowest BCUT2D eigenvalue weighted by molar-refractivity contribution is -0.237. The van der Waals surface area contributed by atoms with Crippen LogP contribution in [0.4, 0.5) is 18.0 Å². The van der Waals surface area contributed by atoms with E-state index in [-0.39, 0.29) is 19.1 Å². The van der Waals surface area contributed by atoms with Crippen LogP contribution in [0.2, 0.25) is 0 Å². The van der Waals surface area contributed by atoms with Gasteiger partial charge in [0.05, 0.1) is 19.4 Å². The molecule has 1 atom stereocenters. The average molecular weight is 421 g/mol. The zero-order chi connectivity index (χ0) is 21.8. The molecule has 3 rings (SSSR count). The first kappa shape index (κ1) is 21.7. The highest BCUT2D eigenvalue weighted by atomic mass is 19.4. The third-order valence-corrected chi connectivity index (χ3v) is 4.94. The molecule has 5 nitrogen and oxygen atoms in total. The van der Waals surface area contributed by atoms with Gasteiger partial charge in [-0.2, -0.15) is 13.2 Å². The fourth-order valence-electron chi connectivity index (χ4n) is 3.37. The zero-order valence-corrected chi connectivity index (χ0v) is 16.3. The molecule has 0 saturated heterocycles. The van der Waals surface area contributed by atoms with Gasteiger partial charge >= 0.3 is 12.3 Å². The van der Waals surface area contributed by atoms with Crippen LogP contribution in [0.3, 0.4) is 0 Å². The summed E-state index contributed by atoms with van der Waals surface area (Å²) in [5.74, 6) is -0.220. The molecule has 0 aliphatic heterocycles. The number of halogens is 3. The van der Waals surface area contributed by atoms with Crippen LogP contribution in [0, 0.1) is 0 Å². The van der Waals surface area contributed by atoms with Crippen LogP contribution in [0.25, 0.3) is 11.1 Å². The number of carbonyl (C=O) groups is 1. The first-order valence-corrected chi connectivity index (χ1v) is 9.44. The minimum absolute atomic E-state index is 0.0426.